The number of rotatable bonds is 5. The summed E-state index contributed by atoms with van der Waals surface area (Å²) in [5, 5.41) is 0. The predicted octanol–water partition coefficient (Wildman–Crippen LogP) is 3.74. The molecule has 3 aliphatic carbocycles. The van der Waals surface area contributed by atoms with Crippen LogP contribution in [0.2, 0.25) is 0 Å². The van der Waals surface area contributed by atoms with Crippen molar-refractivity contribution in [3.63, 3.8) is 0 Å². The summed E-state index contributed by atoms with van der Waals surface area (Å²) in [5.41, 5.74) is 0.544. The van der Waals surface area contributed by atoms with Crippen LogP contribution in [0.5, 0.6) is 6.01 Å². The molecular weight excluding hydrogens is 363 g/mol. The van der Waals surface area contributed by atoms with Gasteiger partial charge in [0.1, 0.15) is 11.4 Å². The van der Waals surface area contributed by atoms with Crippen LogP contribution in [0.15, 0.2) is 30.6 Å². The van der Waals surface area contributed by atoms with Crippen molar-refractivity contribution < 1.29 is 23.5 Å². The molecule has 2 bridgehead atoms. The van der Waals surface area contributed by atoms with Crippen LogP contribution in [0.1, 0.15) is 48.9 Å². The van der Waals surface area contributed by atoms with Crippen molar-refractivity contribution in [1.82, 2.24) is 9.97 Å². The minimum atomic E-state index is -0.579. The molecule has 0 atom stereocenters. The summed E-state index contributed by atoms with van der Waals surface area (Å²) in [6.07, 6.45) is 8.20. The molecule has 0 spiro atoms. The van der Waals surface area contributed by atoms with Gasteiger partial charge in [0.25, 0.3) is 0 Å². The van der Waals surface area contributed by atoms with Crippen molar-refractivity contribution in [3.05, 3.63) is 42.0 Å². The second-order valence-electron chi connectivity index (χ2n) is 7.67. The summed E-state index contributed by atoms with van der Waals surface area (Å²) >= 11 is 0. The molecule has 5 rings (SSSR count). The molecule has 7 heteroatoms. The van der Waals surface area contributed by atoms with Crippen molar-refractivity contribution in [2.45, 2.75) is 44.1 Å². The Bertz CT molecular complexity index is 889. The first-order valence-electron chi connectivity index (χ1n) is 9.34. The Hall–Kier alpha value is -2.83. The van der Waals surface area contributed by atoms with Gasteiger partial charge >= 0.3 is 12.0 Å². The Labute approximate surface area is 162 Å². The highest BCUT2D eigenvalue weighted by Crippen LogP contribution is 2.54. The number of fused-ring (bicyclic) bond motifs is 3. The second-order valence-corrected chi connectivity index (χ2v) is 7.67. The van der Waals surface area contributed by atoms with E-state index in [1.165, 1.54) is 19.2 Å². The molecule has 0 unspecified atom stereocenters. The Morgan fingerprint density at radius 1 is 1.07 bits per heavy atom. The van der Waals surface area contributed by atoms with E-state index in [1.54, 1.807) is 18.5 Å². The molecule has 146 valence electrons. The fourth-order valence-electron chi connectivity index (χ4n) is 4.34. The first-order chi connectivity index (χ1) is 13.5. The maximum Gasteiger partial charge on any atom is 0.316 e. The van der Waals surface area contributed by atoms with Crippen LogP contribution in [-0.4, -0.2) is 34.9 Å². The van der Waals surface area contributed by atoms with Crippen LogP contribution < -0.4 is 4.74 Å². The lowest BCUT2D eigenvalue weighted by atomic mass is 9.58. The van der Waals surface area contributed by atoms with Crippen LogP contribution in [0.4, 0.5) is 4.39 Å². The average molecular weight is 384 g/mol. The molecule has 1 aromatic carbocycles. The van der Waals surface area contributed by atoms with Gasteiger partial charge < -0.3 is 9.47 Å². The number of esters is 1. The van der Waals surface area contributed by atoms with Crippen molar-refractivity contribution in [2.75, 3.05) is 7.11 Å². The highest BCUT2D eigenvalue weighted by molar-refractivity contribution is 5.78. The quantitative estimate of drug-likeness (QED) is 0.577. The van der Waals surface area contributed by atoms with E-state index in [-0.39, 0.29) is 28.6 Å². The van der Waals surface area contributed by atoms with E-state index >= 15 is 0 Å². The fraction of sp³-hybridized carbons (Fsp3) is 0.429. The number of aromatic nitrogens is 2. The monoisotopic (exact) mass is 384 g/mol. The van der Waals surface area contributed by atoms with Gasteiger partial charge in [-0.15, -0.1) is 0 Å². The largest absolute Gasteiger partial charge is 0.469 e. The molecule has 1 heterocycles. The molecule has 3 saturated carbocycles. The average Bonchev–Trinajstić information content (AvgIpc) is 2.74. The number of hydrogen-bond donors (Lipinski definition) is 0. The lowest BCUT2D eigenvalue weighted by Gasteiger charge is -2.50. The van der Waals surface area contributed by atoms with E-state index in [0.717, 1.165) is 38.5 Å². The van der Waals surface area contributed by atoms with Gasteiger partial charge in [0.15, 0.2) is 6.29 Å². The molecule has 6 nitrogen and oxygen atoms in total. The van der Waals surface area contributed by atoms with Crippen molar-refractivity contribution >= 4 is 12.3 Å². The van der Waals surface area contributed by atoms with E-state index in [2.05, 4.69) is 9.97 Å². The number of benzene rings is 1. The summed E-state index contributed by atoms with van der Waals surface area (Å²) < 4.78 is 24.9. The fourth-order valence-corrected chi connectivity index (χ4v) is 4.34. The summed E-state index contributed by atoms with van der Waals surface area (Å²) in [7, 11) is 1.44. The molecule has 3 fully saturated rings. The van der Waals surface area contributed by atoms with Crippen LogP contribution in [0, 0.1) is 11.2 Å². The Kier molecular flexibility index (Phi) is 4.61. The Balaban J connectivity index is 1.47. The van der Waals surface area contributed by atoms with Gasteiger partial charge in [-0.25, -0.2) is 14.4 Å². The third kappa shape index (κ3) is 3.15. The topological polar surface area (TPSA) is 78.4 Å². The molecule has 28 heavy (non-hydrogen) atoms. The number of nitrogens with zero attached hydrogens (tertiary/aromatic N) is 2. The summed E-state index contributed by atoms with van der Waals surface area (Å²) in [6, 6.07) is 4.65. The molecule has 0 N–H and O–H groups in total. The third-order valence-electron chi connectivity index (χ3n) is 6.19. The van der Waals surface area contributed by atoms with Gasteiger partial charge in [0.05, 0.1) is 18.1 Å². The number of hydrogen-bond acceptors (Lipinski definition) is 6. The predicted molar refractivity (Wildman–Crippen MR) is 98.3 cm³/mol. The van der Waals surface area contributed by atoms with Crippen molar-refractivity contribution in [2.24, 2.45) is 5.41 Å². The van der Waals surface area contributed by atoms with Crippen LogP contribution in [0.25, 0.3) is 11.1 Å². The minimum Gasteiger partial charge on any atom is -0.469 e. The zero-order valence-corrected chi connectivity index (χ0v) is 15.6. The van der Waals surface area contributed by atoms with Crippen LogP contribution >= 0.6 is 0 Å². The van der Waals surface area contributed by atoms with Gasteiger partial charge in [0.2, 0.25) is 0 Å². The van der Waals surface area contributed by atoms with Crippen molar-refractivity contribution in [3.8, 4) is 17.1 Å². The highest BCUT2D eigenvalue weighted by Gasteiger charge is 2.54. The zero-order chi connectivity index (χ0) is 19.8. The van der Waals surface area contributed by atoms with E-state index < -0.39 is 5.82 Å². The number of carbonyl (C=O) groups excluding carboxylic acids is 2. The molecule has 0 radical (unpaired) electrons. The summed E-state index contributed by atoms with van der Waals surface area (Å²) in [6.45, 7) is 0. The number of halogens is 1. The maximum atomic E-state index is 13.8. The van der Waals surface area contributed by atoms with E-state index in [1.807, 2.05) is 0 Å². The van der Waals surface area contributed by atoms with Gasteiger partial charge in [-0.3, -0.25) is 9.59 Å². The summed E-state index contributed by atoms with van der Waals surface area (Å²) in [5.74, 6) is -0.695. The number of aldehydes is 1. The molecule has 1 aromatic heterocycles. The molecule has 0 aliphatic heterocycles. The summed E-state index contributed by atoms with van der Waals surface area (Å²) in [4.78, 5) is 31.4. The van der Waals surface area contributed by atoms with E-state index in [0.29, 0.717) is 17.4 Å². The molecular formula is C21H21FN2O4. The first-order valence-corrected chi connectivity index (χ1v) is 9.34. The molecule has 3 aliphatic rings. The molecule has 0 saturated heterocycles. The number of methoxy groups -OCH3 is 1. The zero-order valence-electron chi connectivity index (χ0n) is 15.6. The van der Waals surface area contributed by atoms with Gasteiger partial charge in [-0.1, -0.05) is 6.07 Å². The lowest BCUT2D eigenvalue weighted by molar-refractivity contribution is -0.166. The van der Waals surface area contributed by atoms with Gasteiger partial charge in [0, 0.05) is 18.0 Å². The number of ether oxygens (including phenoxy) is 2. The van der Waals surface area contributed by atoms with E-state index in [9.17, 15) is 14.0 Å². The second kappa shape index (κ2) is 6.96. The first kappa shape index (κ1) is 18.5. The smallest absolute Gasteiger partial charge is 0.316 e. The minimum absolute atomic E-state index is 0.0151. The Morgan fingerprint density at radius 3 is 2.25 bits per heavy atom. The van der Waals surface area contributed by atoms with Gasteiger partial charge in [-0.05, 0) is 56.2 Å². The Morgan fingerprint density at radius 2 is 1.71 bits per heavy atom. The molecule has 2 aromatic rings. The SMILES string of the molecule is COC(=O)C12CCC(Oc3ncc(-c4ccc(C=O)c(F)c4)cn3)(CC1)CC2. The highest BCUT2D eigenvalue weighted by atomic mass is 19.1. The lowest BCUT2D eigenvalue weighted by Crippen LogP contribution is -2.52. The standard InChI is InChI=1S/C21H21FN2O4/c1-27-18(26)20-4-7-21(8-5-20,9-6-20)28-19-23-11-16(12-24-19)14-2-3-15(13-25)17(22)10-14/h2-3,10-13H,4-9H2,1H3. The van der Waals surface area contributed by atoms with Crippen LogP contribution in [0.3, 0.4) is 0 Å². The third-order valence-corrected chi connectivity index (χ3v) is 6.19. The number of carbonyl (C=O) groups is 2. The maximum absolute atomic E-state index is 13.8. The van der Waals surface area contributed by atoms with Crippen molar-refractivity contribution in [1.29, 1.82) is 0 Å². The normalized spacial score (nSPS) is 25.9. The molecule has 0 amide bonds. The van der Waals surface area contributed by atoms with Gasteiger partial charge in [-0.2, -0.15) is 0 Å². The van der Waals surface area contributed by atoms with E-state index in [4.69, 9.17) is 9.47 Å². The van der Waals surface area contributed by atoms with Crippen LogP contribution in [-0.2, 0) is 9.53 Å².